The third-order valence-electron chi connectivity index (χ3n) is 5.01. The maximum absolute atomic E-state index is 4.30. The van der Waals surface area contributed by atoms with Gasteiger partial charge in [0, 0.05) is 24.9 Å². The average Bonchev–Trinajstić information content (AvgIpc) is 3.26. The van der Waals surface area contributed by atoms with Gasteiger partial charge in [-0.25, -0.2) is 4.68 Å². The molecule has 1 aromatic carbocycles. The third kappa shape index (κ3) is 3.61. The van der Waals surface area contributed by atoms with Crippen molar-refractivity contribution in [2.24, 2.45) is 7.05 Å². The SMILES string of the molecule is Cn1nccc1C1CCN(Cc2nnnn2Cc2ccccc2)CC1. The standard InChI is InChI=1S/C18H23N7/c1-23-17(7-10-19-23)16-8-11-24(12-9-16)14-18-20-21-22-25(18)13-15-5-3-2-4-6-15/h2-7,10,16H,8-9,11-14H2,1H3. The predicted molar refractivity (Wildman–Crippen MR) is 93.8 cm³/mol. The van der Waals surface area contributed by atoms with Gasteiger partial charge >= 0.3 is 0 Å². The van der Waals surface area contributed by atoms with Crippen molar-refractivity contribution < 1.29 is 0 Å². The van der Waals surface area contributed by atoms with Crippen LogP contribution in [0, 0.1) is 0 Å². The topological polar surface area (TPSA) is 64.7 Å². The van der Waals surface area contributed by atoms with Gasteiger partial charge < -0.3 is 0 Å². The zero-order valence-corrected chi connectivity index (χ0v) is 14.5. The van der Waals surface area contributed by atoms with Gasteiger partial charge in [0.05, 0.1) is 13.1 Å². The normalized spacial score (nSPS) is 16.4. The summed E-state index contributed by atoms with van der Waals surface area (Å²) >= 11 is 0. The number of piperidine rings is 1. The first kappa shape index (κ1) is 16.0. The third-order valence-corrected chi connectivity index (χ3v) is 5.01. The molecule has 1 fully saturated rings. The fourth-order valence-corrected chi connectivity index (χ4v) is 3.59. The molecule has 7 nitrogen and oxygen atoms in total. The first-order chi connectivity index (χ1) is 12.3. The summed E-state index contributed by atoms with van der Waals surface area (Å²) in [6.07, 6.45) is 4.19. The number of aromatic nitrogens is 6. The van der Waals surface area contributed by atoms with Gasteiger partial charge in [0.15, 0.2) is 5.82 Å². The van der Waals surface area contributed by atoms with E-state index in [0.717, 1.165) is 38.3 Å². The molecule has 0 aliphatic carbocycles. The highest BCUT2D eigenvalue weighted by Gasteiger charge is 2.23. The van der Waals surface area contributed by atoms with Crippen molar-refractivity contribution in [1.82, 2.24) is 34.9 Å². The Bertz CT molecular complexity index is 800. The number of rotatable bonds is 5. The Hall–Kier alpha value is -2.54. The van der Waals surface area contributed by atoms with Crippen LogP contribution in [0.15, 0.2) is 42.6 Å². The van der Waals surface area contributed by atoms with E-state index in [1.807, 2.05) is 40.8 Å². The number of benzene rings is 1. The zero-order chi connectivity index (χ0) is 17.1. The predicted octanol–water partition coefficient (Wildman–Crippen LogP) is 1.83. The van der Waals surface area contributed by atoms with E-state index < -0.39 is 0 Å². The molecule has 7 heteroatoms. The minimum atomic E-state index is 0.601. The number of likely N-dealkylation sites (tertiary alicyclic amines) is 1. The van der Waals surface area contributed by atoms with Crippen LogP contribution in [0.2, 0.25) is 0 Å². The minimum absolute atomic E-state index is 0.601. The molecule has 130 valence electrons. The van der Waals surface area contributed by atoms with E-state index in [-0.39, 0.29) is 0 Å². The Morgan fingerprint density at radius 3 is 2.56 bits per heavy atom. The van der Waals surface area contributed by atoms with Crippen molar-refractivity contribution in [1.29, 1.82) is 0 Å². The monoisotopic (exact) mass is 337 g/mol. The number of hydrogen-bond acceptors (Lipinski definition) is 5. The Morgan fingerprint density at radius 1 is 1.04 bits per heavy atom. The molecule has 3 heterocycles. The summed E-state index contributed by atoms with van der Waals surface area (Å²) in [5.41, 5.74) is 2.56. The molecule has 0 radical (unpaired) electrons. The number of tetrazole rings is 1. The van der Waals surface area contributed by atoms with Crippen molar-refractivity contribution in [3.8, 4) is 0 Å². The van der Waals surface area contributed by atoms with Crippen LogP contribution in [0.4, 0.5) is 0 Å². The molecule has 0 bridgehead atoms. The summed E-state index contributed by atoms with van der Waals surface area (Å²) in [7, 11) is 2.03. The fourth-order valence-electron chi connectivity index (χ4n) is 3.59. The van der Waals surface area contributed by atoms with Crippen molar-refractivity contribution in [2.75, 3.05) is 13.1 Å². The van der Waals surface area contributed by atoms with Gasteiger partial charge in [-0.2, -0.15) is 5.10 Å². The lowest BCUT2D eigenvalue weighted by molar-refractivity contribution is 0.194. The molecular weight excluding hydrogens is 314 g/mol. The molecule has 0 amide bonds. The van der Waals surface area contributed by atoms with Crippen LogP contribution < -0.4 is 0 Å². The lowest BCUT2D eigenvalue weighted by Crippen LogP contribution is -2.34. The summed E-state index contributed by atoms with van der Waals surface area (Å²) in [5.74, 6) is 1.53. The Kier molecular flexibility index (Phi) is 4.56. The molecule has 2 aromatic heterocycles. The maximum atomic E-state index is 4.30. The molecular formula is C18H23N7. The summed E-state index contributed by atoms with van der Waals surface area (Å²) in [6.45, 7) is 3.65. The van der Waals surface area contributed by atoms with E-state index in [1.165, 1.54) is 11.3 Å². The summed E-state index contributed by atoms with van der Waals surface area (Å²) in [5, 5.41) is 16.6. The van der Waals surface area contributed by atoms with Crippen molar-refractivity contribution >= 4 is 0 Å². The zero-order valence-electron chi connectivity index (χ0n) is 14.5. The first-order valence-electron chi connectivity index (χ1n) is 8.79. The second-order valence-corrected chi connectivity index (χ2v) is 6.67. The number of hydrogen-bond donors (Lipinski definition) is 0. The molecule has 1 aliphatic heterocycles. The van der Waals surface area contributed by atoms with E-state index in [0.29, 0.717) is 12.5 Å². The van der Waals surface area contributed by atoms with Crippen LogP contribution in [-0.4, -0.2) is 48.0 Å². The molecule has 3 aromatic rings. The smallest absolute Gasteiger partial charge is 0.165 e. The number of nitrogens with zero attached hydrogens (tertiary/aromatic N) is 7. The molecule has 0 spiro atoms. The quantitative estimate of drug-likeness (QED) is 0.711. The van der Waals surface area contributed by atoms with Crippen molar-refractivity contribution in [3.63, 3.8) is 0 Å². The Labute approximate surface area is 147 Å². The highest BCUT2D eigenvalue weighted by atomic mass is 15.5. The molecule has 1 saturated heterocycles. The molecule has 1 aliphatic rings. The van der Waals surface area contributed by atoms with Crippen LogP contribution >= 0.6 is 0 Å². The van der Waals surface area contributed by atoms with Gasteiger partial charge in [-0.1, -0.05) is 30.3 Å². The Morgan fingerprint density at radius 2 is 1.84 bits per heavy atom. The van der Waals surface area contributed by atoms with Crippen molar-refractivity contribution in [3.05, 3.63) is 59.7 Å². The van der Waals surface area contributed by atoms with Gasteiger partial charge in [-0.3, -0.25) is 9.58 Å². The molecule has 25 heavy (non-hydrogen) atoms. The van der Waals surface area contributed by atoms with Crippen LogP contribution in [0.25, 0.3) is 0 Å². The van der Waals surface area contributed by atoms with Gasteiger partial charge in [0.2, 0.25) is 0 Å². The summed E-state index contributed by atoms with van der Waals surface area (Å²) < 4.78 is 3.91. The molecule has 4 rings (SSSR count). The van der Waals surface area contributed by atoms with Crippen LogP contribution in [0.3, 0.4) is 0 Å². The number of aryl methyl sites for hydroxylation is 1. The lowest BCUT2D eigenvalue weighted by atomic mass is 9.93. The van der Waals surface area contributed by atoms with E-state index in [1.54, 1.807) is 0 Å². The van der Waals surface area contributed by atoms with Crippen LogP contribution in [0.1, 0.15) is 35.8 Å². The average molecular weight is 337 g/mol. The van der Waals surface area contributed by atoms with Gasteiger partial charge in [-0.15, -0.1) is 5.10 Å². The van der Waals surface area contributed by atoms with E-state index in [9.17, 15) is 0 Å². The Balaban J connectivity index is 1.36. The van der Waals surface area contributed by atoms with E-state index in [4.69, 9.17) is 0 Å². The largest absolute Gasteiger partial charge is 0.296 e. The highest BCUT2D eigenvalue weighted by Crippen LogP contribution is 2.27. The van der Waals surface area contributed by atoms with Crippen LogP contribution in [-0.2, 0) is 20.1 Å². The van der Waals surface area contributed by atoms with Gasteiger partial charge in [0.1, 0.15) is 0 Å². The lowest BCUT2D eigenvalue weighted by Gasteiger charge is -2.31. The van der Waals surface area contributed by atoms with Gasteiger partial charge in [-0.05, 0) is 48.0 Å². The van der Waals surface area contributed by atoms with E-state index >= 15 is 0 Å². The maximum Gasteiger partial charge on any atom is 0.165 e. The molecule has 0 N–H and O–H groups in total. The molecule has 0 atom stereocenters. The van der Waals surface area contributed by atoms with Gasteiger partial charge in [0.25, 0.3) is 0 Å². The fraction of sp³-hybridized carbons (Fsp3) is 0.444. The summed E-state index contributed by atoms with van der Waals surface area (Å²) in [4.78, 5) is 2.44. The second-order valence-electron chi connectivity index (χ2n) is 6.67. The van der Waals surface area contributed by atoms with Crippen LogP contribution in [0.5, 0.6) is 0 Å². The molecule has 0 saturated carbocycles. The van der Waals surface area contributed by atoms with E-state index in [2.05, 4.69) is 43.7 Å². The summed E-state index contributed by atoms with van der Waals surface area (Å²) in [6, 6.07) is 12.5. The first-order valence-corrected chi connectivity index (χ1v) is 8.79. The minimum Gasteiger partial charge on any atom is -0.296 e. The highest BCUT2D eigenvalue weighted by molar-refractivity contribution is 5.15. The second kappa shape index (κ2) is 7.14. The van der Waals surface area contributed by atoms with Crippen molar-refractivity contribution in [2.45, 2.75) is 31.8 Å². The molecule has 0 unspecified atom stereocenters.